The lowest BCUT2D eigenvalue weighted by Gasteiger charge is -2.29. The summed E-state index contributed by atoms with van der Waals surface area (Å²) < 4.78 is 0. The summed E-state index contributed by atoms with van der Waals surface area (Å²) >= 11 is 8.12. The van der Waals surface area contributed by atoms with Crippen LogP contribution in [0.3, 0.4) is 0 Å². The molecular formula is C25H27ClN2O3S. The lowest BCUT2D eigenvalue weighted by molar-refractivity contribution is 0.0546. The normalized spacial score (nSPS) is 18.5. The Morgan fingerprint density at radius 2 is 2.00 bits per heavy atom. The van der Waals surface area contributed by atoms with Gasteiger partial charge in [-0.2, -0.15) is 0 Å². The zero-order valence-corrected chi connectivity index (χ0v) is 19.5. The second kappa shape index (κ2) is 9.32. The second-order valence-electron chi connectivity index (χ2n) is 8.57. The first-order valence-corrected chi connectivity index (χ1v) is 12.0. The number of hydrogen-bond donors (Lipinski definition) is 2. The van der Waals surface area contributed by atoms with Gasteiger partial charge >= 0.3 is 0 Å². The molecule has 0 spiro atoms. The zero-order valence-electron chi connectivity index (χ0n) is 17.9. The lowest BCUT2D eigenvalue weighted by atomic mass is 9.99. The summed E-state index contributed by atoms with van der Waals surface area (Å²) in [6, 6.07) is 7.43. The lowest BCUT2D eigenvalue weighted by Crippen LogP contribution is -2.40. The van der Waals surface area contributed by atoms with Gasteiger partial charge in [0.15, 0.2) is 0 Å². The second-order valence-corrected chi connectivity index (χ2v) is 9.89. The number of aliphatic hydroxyl groups excluding tert-OH is 2. The highest BCUT2D eigenvalue weighted by Crippen LogP contribution is 2.52. The summed E-state index contributed by atoms with van der Waals surface area (Å²) in [5.41, 5.74) is 3.71. The van der Waals surface area contributed by atoms with Crippen molar-refractivity contribution in [2.45, 2.75) is 31.8 Å². The molecule has 5 nitrogen and oxygen atoms in total. The van der Waals surface area contributed by atoms with E-state index in [1.165, 1.54) is 0 Å². The highest BCUT2D eigenvalue weighted by Gasteiger charge is 2.45. The van der Waals surface area contributed by atoms with Crippen molar-refractivity contribution in [1.29, 1.82) is 0 Å². The maximum Gasteiger partial charge on any atom is 0.253 e. The number of aliphatic hydroxyl groups is 2. The van der Waals surface area contributed by atoms with Gasteiger partial charge in [-0.25, -0.2) is 0 Å². The Morgan fingerprint density at radius 3 is 2.59 bits per heavy atom. The standard InChI is InChI=1S/C25H27ClN2O3S/c1-16(11-23(27-2)25(15-29)7-8-25)18-13-22(32-14-18)20-4-3-17(12-21(20)26)24(31)28-9-5-19(30)6-10-28/h3-4,11-14,19,29-30H,1-2,5-10,15H2/b23-11-. The highest BCUT2D eigenvalue weighted by atomic mass is 35.5. The number of carbonyl (C=O) groups excluding carboxylic acids is 1. The fraction of sp³-hybridized carbons (Fsp3) is 0.360. The number of amides is 1. The molecule has 2 aromatic rings. The molecule has 2 heterocycles. The minimum absolute atomic E-state index is 0.0573. The van der Waals surface area contributed by atoms with E-state index in [1.54, 1.807) is 28.4 Å². The number of carbonyl (C=O) groups is 1. The molecule has 1 aliphatic heterocycles. The quantitative estimate of drug-likeness (QED) is 0.440. The number of benzene rings is 1. The Morgan fingerprint density at radius 1 is 1.28 bits per heavy atom. The number of aliphatic imine (C=N–C) groups is 1. The number of halogens is 1. The molecule has 4 rings (SSSR count). The highest BCUT2D eigenvalue weighted by molar-refractivity contribution is 7.13. The molecule has 0 unspecified atom stereocenters. The number of piperidine rings is 1. The van der Waals surface area contributed by atoms with E-state index in [2.05, 4.69) is 18.3 Å². The van der Waals surface area contributed by atoms with Crippen LogP contribution in [0.4, 0.5) is 0 Å². The number of rotatable bonds is 7. The van der Waals surface area contributed by atoms with Gasteiger partial charge in [-0.05, 0) is 73.2 Å². The Labute approximate surface area is 197 Å². The van der Waals surface area contributed by atoms with E-state index in [9.17, 15) is 15.0 Å². The Kier molecular flexibility index (Phi) is 6.67. The molecule has 0 bridgehead atoms. The summed E-state index contributed by atoms with van der Waals surface area (Å²) in [4.78, 5) is 19.7. The SMILES string of the molecule is C=N/C(=C\C(=C)c1csc(-c2ccc(C(=O)N3CCC(O)CC3)cc2Cl)c1)C1(CO)CC1. The molecule has 1 aliphatic carbocycles. The zero-order chi connectivity index (χ0) is 22.9. The van der Waals surface area contributed by atoms with Crippen LogP contribution in [0.2, 0.25) is 5.02 Å². The van der Waals surface area contributed by atoms with Crippen LogP contribution in [0.5, 0.6) is 0 Å². The van der Waals surface area contributed by atoms with Crippen molar-refractivity contribution >= 4 is 41.1 Å². The van der Waals surface area contributed by atoms with Gasteiger partial charge < -0.3 is 15.1 Å². The summed E-state index contributed by atoms with van der Waals surface area (Å²) in [6.45, 7) is 9.01. The summed E-state index contributed by atoms with van der Waals surface area (Å²) in [7, 11) is 0. The van der Waals surface area contributed by atoms with Crippen LogP contribution in [0.1, 0.15) is 41.6 Å². The van der Waals surface area contributed by atoms with E-state index < -0.39 is 0 Å². The third-order valence-corrected chi connectivity index (χ3v) is 7.66. The molecule has 2 aliphatic rings. The number of likely N-dealkylation sites (tertiary alicyclic amines) is 1. The van der Waals surface area contributed by atoms with Crippen LogP contribution in [0.25, 0.3) is 16.0 Å². The molecule has 2 fully saturated rings. The van der Waals surface area contributed by atoms with Crippen molar-refractivity contribution in [3.63, 3.8) is 0 Å². The van der Waals surface area contributed by atoms with Crippen molar-refractivity contribution in [2.75, 3.05) is 19.7 Å². The van der Waals surface area contributed by atoms with E-state index in [1.807, 2.05) is 23.6 Å². The van der Waals surface area contributed by atoms with Crippen molar-refractivity contribution in [3.05, 3.63) is 64.1 Å². The average molecular weight is 471 g/mol. The van der Waals surface area contributed by atoms with Crippen molar-refractivity contribution < 1.29 is 15.0 Å². The molecule has 2 N–H and O–H groups in total. The van der Waals surface area contributed by atoms with E-state index in [0.717, 1.165) is 40.1 Å². The van der Waals surface area contributed by atoms with Gasteiger partial charge in [0.1, 0.15) is 0 Å². The number of thiophene rings is 1. The first kappa shape index (κ1) is 22.9. The molecule has 1 amide bonds. The van der Waals surface area contributed by atoms with Crippen LogP contribution < -0.4 is 0 Å². The van der Waals surface area contributed by atoms with E-state index in [0.29, 0.717) is 36.5 Å². The van der Waals surface area contributed by atoms with Gasteiger partial charge in [0.05, 0.1) is 17.7 Å². The molecule has 1 saturated carbocycles. The van der Waals surface area contributed by atoms with Crippen molar-refractivity contribution in [2.24, 2.45) is 10.4 Å². The number of hydrogen-bond acceptors (Lipinski definition) is 5. The fourth-order valence-corrected chi connectivity index (χ4v) is 5.32. The molecule has 32 heavy (non-hydrogen) atoms. The molecule has 1 aromatic heterocycles. The predicted octanol–water partition coefficient (Wildman–Crippen LogP) is 5.04. The maximum absolute atomic E-state index is 12.8. The molecule has 168 valence electrons. The first-order valence-electron chi connectivity index (χ1n) is 10.7. The molecule has 7 heteroatoms. The van der Waals surface area contributed by atoms with Crippen molar-refractivity contribution in [3.8, 4) is 10.4 Å². The summed E-state index contributed by atoms with van der Waals surface area (Å²) in [5.74, 6) is -0.0573. The summed E-state index contributed by atoms with van der Waals surface area (Å²) in [5, 5.41) is 21.9. The largest absolute Gasteiger partial charge is 0.395 e. The van der Waals surface area contributed by atoms with E-state index >= 15 is 0 Å². The maximum atomic E-state index is 12.8. The molecule has 0 atom stereocenters. The minimum Gasteiger partial charge on any atom is -0.395 e. The Balaban J connectivity index is 1.51. The fourth-order valence-electron chi connectivity index (χ4n) is 4.01. The predicted molar refractivity (Wildman–Crippen MR) is 131 cm³/mol. The average Bonchev–Trinajstić information content (AvgIpc) is 3.45. The first-order chi connectivity index (χ1) is 15.4. The van der Waals surface area contributed by atoms with Crippen LogP contribution in [0.15, 0.2) is 53.0 Å². The minimum atomic E-state index is -0.320. The topological polar surface area (TPSA) is 73.1 Å². The molecule has 1 aromatic carbocycles. The van der Waals surface area contributed by atoms with Gasteiger partial charge in [-0.15, -0.1) is 11.3 Å². The smallest absolute Gasteiger partial charge is 0.253 e. The van der Waals surface area contributed by atoms with Crippen LogP contribution >= 0.6 is 22.9 Å². The van der Waals surface area contributed by atoms with E-state index in [-0.39, 0.29) is 24.0 Å². The van der Waals surface area contributed by atoms with Gasteiger partial charge in [-0.3, -0.25) is 9.79 Å². The summed E-state index contributed by atoms with van der Waals surface area (Å²) in [6.07, 6.45) is 4.62. The third kappa shape index (κ3) is 4.59. The van der Waals surface area contributed by atoms with Crippen molar-refractivity contribution in [1.82, 2.24) is 4.90 Å². The van der Waals surface area contributed by atoms with Crippen LogP contribution in [0, 0.1) is 5.41 Å². The van der Waals surface area contributed by atoms with E-state index in [4.69, 9.17) is 11.6 Å². The molecule has 1 saturated heterocycles. The third-order valence-electron chi connectivity index (χ3n) is 6.38. The Bertz CT molecular complexity index is 1080. The van der Waals surface area contributed by atoms with Gasteiger partial charge in [-0.1, -0.05) is 24.2 Å². The number of nitrogens with zero attached hydrogens (tertiary/aromatic N) is 2. The Hall–Kier alpha value is -2.25. The molecule has 0 radical (unpaired) electrons. The monoisotopic (exact) mass is 470 g/mol. The van der Waals surface area contributed by atoms with Crippen LogP contribution in [-0.4, -0.2) is 53.5 Å². The van der Waals surface area contributed by atoms with Gasteiger partial charge in [0.2, 0.25) is 0 Å². The van der Waals surface area contributed by atoms with Gasteiger partial charge in [0, 0.05) is 40.2 Å². The molecular weight excluding hydrogens is 444 g/mol. The number of allylic oxidation sites excluding steroid dienone is 2. The van der Waals surface area contributed by atoms with Crippen LogP contribution in [-0.2, 0) is 0 Å². The van der Waals surface area contributed by atoms with Gasteiger partial charge in [0.25, 0.3) is 5.91 Å².